The fraction of sp³-hybridized carbons (Fsp3) is 0.250. The molecule has 1 aromatic heterocycles. The molecular formula is C12H13N5O4. The first-order valence-corrected chi connectivity index (χ1v) is 6.12. The summed E-state index contributed by atoms with van der Waals surface area (Å²) in [7, 11) is 0. The molecule has 1 amide bonds. The maximum absolute atomic E-state index is 11.8. The molecule has 0 atom stereocenters. The van der Waals surface area contributed by atoms with Crippen molar-refractivity contribution in [1.29, 1.82) is 0 Å². The zero-order valence-corrected chi connectivity index (χ0v) is 11.0. The number of benzene rings is 1. The van der Waals surface area contributed by atoms with Gasteiger partial charge in [-0.25, -0.2) is 4.68 Å². The minimum Gasteiger partial charge on any atom is -0.396 e. The number of non-ortho nitro benzene ring substituents is 1. The van der Waals surface area contributed by atoms with Crippen LogP contribution in [0.1, 0.15) is 5.69 Å². The van der Waals surface area contributed by atoms with E-state index in [1.165, 1.54) is 28.9 Å². The Morgan fingerprint density at radius 1 is 1.38 bits per heavy atom. The highest BCUT2D eigenvalue weighted by Crippen LogP contribution is 2.15. The van der Waals surface area contributed by atoms with Gasteiger partial charge < -0.3 is 10.4 Å². The van der Waals surface area contributed by atoms with Gasteiger partial charge in [-0.2, -0.15) is 0 Å². The standard InChI is InChI=1S/C12H13N5O4/c18-6-5-10-7-16(15-14-10)8-12(19)13-9-1-3-11(4-2-9)17(20)21/h1-4,7,18H,5-6,8H2,(H,13,19). The van der Waals surface area contributed by atoms with Gasteiger partial charge in [0.15, 0.2) is 0 Å². The maximum atomic E-state index is 11.8. The Labute approximate surface area is 119 Å². The molecule has 9 heteroatoms. The SMILES string of the molecule is O=C(Cn1cc(CCO)nn1)Nc1ccc([N+](=O)[O-])cc1. The van der Waals surface area contributed by atoms with E-state index in [1.54, 1.807) is 6.20 Å². The molecule has 0 bridgehead atoms. The summed E-state index contributed by atoms with van der Waals surface area (Å²) < 4.78 is 1.35. The maximum Gasteiger partial charge on any atom is 0.269 e. The number of aliphatic hydroxyl groups is 1. The summed E-state index contributed by atoms with van der Waals surface area (Å²) in [5.41, 5.74) is 1.01. The van der Waals surface area contributed by atoms with Crippen LogP contribution < -0.4 is 5.32 Å². The minimum atomic E-state index is -0.510. The molecule has 2 N–H and O–H groups in total. The number of aromatic nitrogens is 3. The zero-order valence-electron chi connectivity index (χ0n) is 11.0. The van der Waals surface area contributed by atoms with Gasteiger partial charge in [-0.05, 0) is 12.1 Å². The highest BCUT2D eigenvalue weighted by Gasteiger charge is 2.08. The van der Waals surface area contributed by atoms with E-state index in [4.69, 9.17) is 5.11 Å². The Morgan fingerprint density at radius 3 is 2.71 bits per heavy atom. The average Bonchev–Trinajstić information content (AvgIpc) is 2.87. The molecule has 9 nitrogen and oxygen atoms in total. The normalized spacial score (nSPS) is 10.3. The molecule has 0 aliphatic heterocycles. The number of hydrogen-bond acceptors (Lipinski definition) is 6. The Morgan fingerprint density at radius 2 is 2.10 bits per heavy atom. The molecule has 2 aromatic rings. The summed E-state index contributed by atoms with van der Waals surface area (Å²) in [5, 5.41) is 29.4. The number of amides is 1. The molecule has 1 aromatic carbocycles. The topological polar surface area (TPSA) is 123 Å². The van der Waals surface area contributed by atoms with Crippen LogP contribution in [0.25, 0.3) is 0 Å². The van der Waals surface area contributed by atoms with Crippen molar-refractivity contribution in [3.63, 3.8) is 0 Å². The zero-order chi connectivity index (χ0) is 15.2. The lowest BCUT2D eigenvalue weighted by Crippen LogP contribution is -2.19. The third-order valence-corrected chi connectivity index (χ3v) is 2.62. The second-order valence-corrected chi connectivity index (χ2v) is 4.23. The van der Waals surface area contributed by atoms with Crippen LogP contribution in [-0.4, -0.2) is 37.5 Å². The molecule has 0 aliphatic carbocycles. The number of carbonyl (C=O) groups excluding carboxylic acids is 1. The van der Waals surface area contributed by atoms with E-state index in [0.717, 1.165) is 0 Å². The molecule has 0 unspecified atom stereocenters. The van der Waals surface area contributed by atoms with Crippen molar-refractivity contribution in [2.75, 3.05) is 11.9 Å². The largest absolute Gasteiger partial charge is 0.396 e. The van der Waals surface area contributed by atoms with Crippen molar-refractivity contribution in [3.8, 4) is 0 Å². The summed E-state index contributed by atoms with van der Waals surface area (Å²) in [5.74, 6) is -0.329. The van der Waals surface area contributed by atoms with Crippen molar-refractivity contribution < 1.29 is 14.8 Å². The molecule has 2 rings (SSSR count). The van der Waals surface area contributed by atoms with E-state index in [0.29, 0.717) is 17.8 Å². The minimum absolute atomic E-state index is 0.0323. The molecule has 0 aliphatic rings. The molecule has 0 spiro atoms. The highest BCUT2D eigenvalue weighted by atomic mass is 16.6. The lowest BCUT2D eigenvalue weighted by atomic mass is 10.3. The molecule has 110 valence electrons. The van der Waals surface area contributed by atoms with Gasteiger partial charge in [-0.15, -0.1) is 5.10 Å². The third-order valence-electron chi connectivity index (χ3n) is 2.62. The van der Waals surface area contributed by atoms with E-state index in [-0.39, 0.29) is 24.7 Å². The number of nitro benzene ring substituents is 1. The molecule has 0 saturated carbocycles. The van der Waals surface area contributed by atoms with E-state index < -0.39 is 4.92 Å². The predicted molar refractivity (Wildman–Crippen MR) is 72.5 cm³/mol. The van der Waals surface area contributed by atoms with Crippen LogP contribution in [-0.2, 0) is 17.8 Å². The van der Waals surface area contributed by atoms with Gasteiger partial charge >= 0.3 is 0 Å². The fourth-order valence-corrected chi connectivity index (χ4v) is 1.66. The predicted octanol–water partition coefficient (Wildman–Crippen LogP) is 0.360. The van der Waals surface area contributed by atoms with Gasteiger partial charge in [0.2, 0.25) is 5.91 Å². The Balaban J connectivity index is 1.92. The van der Waals surface area contributed by atoms with Crippen LogP contribution >= 0.6 is 0 Å². The van der Waals surface area contributed by atoms with E-state index in [9.17, 15) is 14.9 Å². The Hall–Kier alpha value is -2.81. The smallest absolute Gasteiger partial charge is 0.269 e. The highest BCUT2D eigenvalue weighted by molar-refractivity contribution is 5.90. The van der Waals surface area contributed by atoms with Gasteiger partial charge in [-0.3, -0.25) is 14.9 Å². The van der Waals surface area contributed by atoms with Crippen molar-refractivity contribution in [2.24, 2.45) is 0 Å². The molecule has 0 fully saturated rings. The average molecular weight is 291 g/mol. The fourth-order valence-electron chi connectivity index (χ4n) is 1.66. The van der Waals surface area contributed by atoms with E-state index in [1.807, 2.05) is 0 Å². The lowest BCUT2D eigenvalue weighted by molar-refractivity contribution is -0.384. The van der Waals surface area contributed by atoms with Gasteiger partial charge in [0.1, 0.15) is 6.54 Å². The van der Waals surface area contributed by atoms with E-state index in [2.05, 4.69) is 15.6 Å². The number of carbonyl (C=O) groups is 1. The molecular weight excluding hydrogens is 278 g/mol. The van der Waals surface area contributed by atoms with Gasteiger partial charge in [0, 0.05) is 37.0 Å². The number of anilines is 1. The van der Waals surface area contributed by atoms with Crippen LogP contribution in [0.2, 0.25) is 0 Å². The van der Waals surface area contributed by atoms with Crippen molar-refractivity contribution >= 4 is 17.3 Å². The molecule has 21 heavy (non-hydrogen) atoms. The van der Waals surface area contributed by atoms with Crippen LogP contribution in [0.4, 0.5) is 11.4 Å². The molecule has 1 heterocycles. The molecule has 0 radical (unpaired) electrons. The number of nitrogens with one attached hydrogen (secondary N) is 1. The van der Waals surface area contributed by atoms with Crippen molar-refractivity contribution in [1.82, 2.24) is 15.0 Å². The van der Waals surface area contributed by atoms with Crippen molar-refractivity contribution in [2.45, 2.75) is 13.0 Å². The first-order valence-electron chi connectivity index (χ1n) is 6.12. The summed E-state index contributed by atoms with van der Waals surface area (Å²) in [6.45, 7) is -0.0664. The van der Waals surface area contributed by atoms with Crippen molar-refractivity contribution in [3.05, 3.63) is 46.3 Å². The van der Waals surface area contributed by atoms with Gasteiger partial charge in [0.05, 0.1) is 10.6 Å². The van der Waals surface area contributed by atoms with Crippen LogP contribution in [0.5, 0.6) is 0 Å². The summed E-state index contributed by atoms with van der Waals surface area (Å²) >= 11 is 0. The second-order valence-electron chi connectivity index (χ2n) is 4.23. The van der Waals surface area contributed by atoms with Crippen LogP contribution in [0.15, 0.2) is 30.5 Å². The quantitative estimate of drug-likeness (QED) is 0.585. The molecule has 0 saturated heterocycles. The third kappa shape index (κ3) is 4.08. The summed E-state index contributed by atoms with van der Waals surface area (Å²) in [4.78, 5) is 21.8. The van der Waals surface area contributed by atoms with E-state index >= 15 is 0 Å². The number of nitrogens with zero attached hydrogens (tertiary/aromatic N) is 4. The monoisotopic (exact) mass is 291 g/mol. The number of hydrogen-bond donors (Lipinski definition) is 2. The summed E-state index contributed by atoms with van der Waals surface area (Å²) in [6.07, 6.45) is 1.95. The summed E-state index contributed by atoms with van der Waals surface area (Å²) in [6, 6.07) is 5.53. The number of rotatable bonds is 6. The first-order chi connectivity index (χ1) is 10.1. The Bertz CT molecular complexity index is 637. The number of aliphatic hydroxyl groups excluding tert-OH is 1. The number of nitro groups is 1. The van der Waals surface area contributed by atoms with Gasteiger partial charge in [0.25, 0.3) is 5.69 Å². The second kappa shape index (κ2) is 6.57. The lowest BCUT2D eigenvalue weighted by Gasteiger charge is -2.04. The van der Waals surface area contributed by atoms with Crippen LogP contribution in [0, 0.1) is 10.1 Å². The Kier molecular flexibility index (Phi) is 4.57. The van der Waals surface area contributed by atoms with Gasteiger partial charge in [-0.1, -0.05) is 5.21 Å². The van der Waals surface area contributed by atoms with Crippen LogP contribution in [0.3, 0.4) is 0 Å². The first kappa shape index (κ1) is 14.6.